The van der Waals surface area contributed by atoms with E-state index in [9.17, 15) is 9.59 Å². The van der Waals surface area contributed by atoms with E-state index in [0.29, 0.717) is 37.7 Å². The molecule has 3 amide bonds. The van der Waals surface area contributed by atoms with Gasteiger partial charge in [0.15, 0.2) is 0 Å². The number of aryl methyl sites for hydroxylation is 2. The predicted octanol–water partition coefficient (Wildman–Crippen LogP) is 5.05. The number of anilines is 3. The number of hydrogen-bond acceptors (Lipinski definition) is 5. The van der Waals surface area contributed by atoms with Crippen LogP contribution in [0.1, 0.15) is 44.0 Å². The molecule has 3 heterocycles. The van der Waals surface area contributed by atoms with Crippen LogP contribution >= 0.6 is 0 Å². The number of carbonyl (C=O) groups excluding carboxylic acids is 2. The van der Waals surface area contributed by atoms with Crippen molar-refractivity contribution >= 4 is 29.3 Å². The average Bonchev–Trinajstić information content (AvgIpc) is 3.53. The minimum Gasteiger partial charge on any atom is -0.308 e. The second-order valence-corrected chi connectivity index (χ2v) is 11.3. The van der Waals surface area contributed by atoms with E-state index in [4.69, 9.17) is 5.10 Å². The Morgan fingerprint density at radius 2 is 1.73 bits per heavy atom. The van der Waals surface area contributed by atoms with Gasteiger partial charge < -0.3 is 5.32 Å². The lowest BCUT2D eigenvalue weighted by atomic mass is 9.92. The van der Waals surface area contributed by atoms with Crippen molar-refractivity contribution in [2.45, 2.75) is 46.1 Å². The Morgan fingerprint density at radius 1 is 1.00 bits per heavy atom. The number of rotatable bonds is 6. The Labute approximate surface area is 234 Å². The van der Waals surface area contributed by atoms with E-state index in [1.807, 2.05) is 74.6 Å². The SMILES string of the molecule is Cc1ccc(-n2nc(C(C)(C)C)cc2NC(=O)Nc2ccc(CN3CCC(=O)N(c4ccnn4C)C3)cc2)cc1. The highest BCUT2D eigenvalue weighted by atomic mass is 16.2. The molecule has 1 aliphatic rings. The summed E-state index contributed by atoms with van der Waals surface area (Å²) in [5, 5.41) is 14.9. The summed E-state index contributed by atoms with van der Waals surface area (Å²) in [6.07, 6.45) is 2.16. The fourth-order valence-corrected chi connectivity index (χ4v) is 4.65. The quantitative estimate of drug-likeness (QED) is 0.356. The monoisotopic (exact) mass is 540 g/mol. The molecule has 1 aliphatic heterocycles. The first kappa shape index (κ1) is 27.1. The van der Waals surface area contributed by atoms with Gasteiger partial charge in [0.05, 0.1) is 24.2 Å². The highest BCUT2D eigenvalue weighted by molar-refractivity contribution is 5.99. The van der Waals surface area contributed by atoms with E-state index in [1.165, 1.54) is 0 Å². The van der Waals surface area contributed by atoms with Crippen LogP contribution in [0.15, 0.2) is 66.9 Å². The summed E-state index contributed by atoms with van der Waals surface area (Å²) in [5.41, 5.74) is 4.52. The van der Waals surface area contributed by atoms with Gasteiger partial charge in [0, 0.05) is 49.8 Å². The Morgan fingerprint density at radius 3 is 2.38 bits per heavy atom. The fraction of sp³-hybridized carbons (Fsp3) is 0.333. The second kappa shape index (κ2) is 11.0. The van der Waals surface area contributed by atoms with Gasteiger partial charge in [-0.2, -0.15) is 10.2 Å². The largest absolute Gasteiger partial charge is 0.324 e. The van der Waals surface area contributed by atoms with Crippen molar-refractivity contribution in [3.05, 3.63) is 83.7 Å². The van der Waals surface area contributed by atoms with Crippen LogP contribution in [0.4, 0.5) is 22.1 Å². The molecule has 0 atom stereocenters. The number of aromatic nitrogens is 4. The van der Waals surface area contributed by atoms with Gasteiger partial charge in [0.1, 0.15) is 11.6 Å². The molecular weight excluding hydrogens is 504 g/mol. The fourth-order valence-electron chi connectivity index (χ4n) is 4.65. The highest BCUT2D eigenvalue weighted by Gasteiger charge is 2.27. The molecule has 10 heteroatoms. The topological polar surface area (TPSA) is 100 Å². The molecule has 40 heavy (non-hydrogen) atoms. The van der Waals surface area contributed by atoms with Crippen molar-refractivity contribution in [2.24, 2.45) is 7.05 Å². The van der Waals surface area contributed by atoms with Crippen molar-refractivity contribution in [1.29, 1.82) is 0 Å². The van der Waals surface area contributed by atoms with Crippen molar-refractivity contribution in [3.63, 3.8) is 0 Å². The molecule has 4 aromatic rings. The Bertz CT molecular complexity index is 1500. The van der Waals surface area contributed by atoms with E-state index in [-0.39, 0.29) is 17.4 Å². The molecule has 2 N–H and O–H groups in total. The maximum atomic E-state index is 13.0. The molecule has 2 aromatic carbocycles. The van der Waals surface area contributed by atoms with E-state index >= 15 is 0 Å². The minimum absolute atomic E-state index is 0.101. The number of hydrogen-bond donors (Lipinski definition) is 2. The zero-order chi connectivity index (χ0) is 28.4. The number of amides is 3. The maximum Gasteiger partial charge on any atom is 0.324 e. The van der Waals surface area contributed by atoms with Crippen LogP contribution in [0.25, 0.3) is 5.69 Å². The standard InChI is InChI=1S/C30H36N8O2/c1-21-6-12-24(13-7-21)38-26(18-25(34-38)30(2,3)4)33-29(40)32-23-10-8-22(9-11-23)19-36-17-15-28(39)37(20-36)27-14-16-31-35(27)5/h6-14,16,18H,15,17,19-20H2,1-5H3,(H2,32,33,40). The van der Waals surface area contributed by atoms with Crippen molar-refractivity contribution < 1.29 is 9.59 Å². The van der Waals surface area contributed by atoms with Crippen molar-refractivity contribution in [2.75, 3.05) is 28.7 Å². The van der Waals surface area contributed by atoms with Crippen LogP contribution in [0, 0.1) is 6.92 Å². The third-order valence-electron chi connectivity index (χ3n) is 6.97. The van der Waals surface area contributed by atoms with Crippen LogP contribution in [-0.2, 0) is 23.8 Å². The second-order valence-electron chi connectivity index (χ2n) is 11.3. The molecule has 0 bridgehead atoms. The molecule has 0 unspecified atom stereocenters. The summed E-state index contributed by atoms with van der Waals surface area (Å²) in [4.78, 5) is 29.5. The Kier molecular flexibility index (Phi) is 7.44. The molecule has 1 fully saturated rings. The zero-order valence-corrected chi connectivity index (χ0v) is 23.7. The van der Waals surface area contributed by atoms with Gasteiger partial charge in [-0.25, -0.2) is 9.48 Å². The molecule has 2 aromatic heterocycles. The molecule has 208 valence electrons. The lowest BCUT2D eigenvalue weighted by molar-refractivity contribution is -0.121. The Balaban J connectivity index is 1.23. The lowest BCUT2D eigenvalue weighted by Gasteiger charge is -2.35. The number of carbonyl (C=O) groups is 2. The number of benzene rings is 2. The van der Waals surface area contributed by atoms with Gasteiger partial charge in [-0.15, -0.1) is 0 Å². The molecular formula is C30H36N8O2. The number of nitrogens with one attached hydrogen (secondary N) is 2. The summed E-state index contributed by atoms with van der Waals surface area (Å²) in [6, 6.07) is 19.2. The number of urea groups is 1. The smallest absolute Gasteiger partial charge is 0.308 e. The highest BCUT2D eigenvalue weighted by Crippen LogP contribution is 2.27. The first-order chi connectivity index (χ1) is 19.1. The molecule has 0 aliphatic carbocycles. The third kappa shape index (κ3) is 6.07. The van der Waals surface area contributed by atoms with Gasteiger partial charge in [-0.05, 0) is 36.8 Å². The predicted molar refractivity (Wildman–Crippen MR) is 157 cm³/mol. The summed E-state index contributed by atoms with van der Waals surface area (Å²) >= 11 is 0. The first-order valence-electron chi connectivity index (χ1n) is 13.4. The summed E-state index contributed by atoms with van der Waals surface area (Å²) < 4.78 is 3.48. The van der Waals surface area contributed by atoms with Crippen LogP contribution in [-0.4, -0.2) is 49.6 Å². The van der Waals surface area contributed by atoms with Crippen LogP contribution in [0.3, 0.4) is 0 Å². The zero-order valence-electron chi connectivity index (χ0n) is 23.7. The van der Waals surface area contributed by atoms with E-state index < -0.39 is 0 Å². The van der Waals surface area contributed by atoms with Crippen LogP contribution in [0.2, 0.25) is 0 Å². The average molecular weight is 541 g/mol. The minimum atomic E-state index is -0.345. The van der Waals surface area contributed by atoms with Crippen LogP contribution in [0.5, 0.6) is 0 Å². The molecule has 10 nitrogen and oxygen atoms in total. The van der Waals surface area contributed by atoms with Gasteiger partial charge in [0.25, 0.3) is 0 Å². The normalized spacial score (nSPS) is 14.4. The van der Waals surface area contributed by atoms with Gasteiger partial charge in [-0.3, -0.25) is 24.6 Å². The summed E-state index contributed by atoms with van der Waals surface area (Å²) in [5.74, 6) is 1.49. The summed E-state index contributed by atoms with van der Waals surface area (Å²) in [6.45, 7) is 10.2. The maximum absolute atomic E-state index is 13.0. The molecule has 1 saturated heterocycles. The van der Waals surface area contributed by atoms with E-state index in [0.717, 1.165) is 28.3 Å². The first-order valence-corrected chi connectivity index (χ1v) is 13.4. The Hall–Kier alpha value is -4.44. The molecule has 0 radical (unpaired) electrons. The summed E-state index contributed by atoms with van der Waals surface area (Å²) in [7, 11) is 1.84. The van der Waals surface area contributed by atoms with Crippen molar-refractivity contribution in [3.8, 4) is 5.69 Å². The van der Waals surface area contributed by atoms with Crippen molar-refractivity contribution in [1.82, 2.24) is 24.5 Å². The lowest BCUT2D eigenvalue weighted by Crippen LogP contribution is -2.48. The van der Waals surface area contributed by atoms with Gasteiger partial charge in [-0.1, -0.05) is 50.6 Å². The van der Waals surface area contributed by atoms with E-state index in [2.05, 4.69) is 41.4 Å². The van der Waals surface area contributed by atoms with Gasteiger partial charge in [0.2, 0.25) is 5.91 Å². The third-order valence-corrected chi connectivity index (χ3v) is 6.97. The molecule has 5 rings (SSSR count). The van der Waals surface area contributed by atoms with E-state index in [1.54, 1.807) is 20.5 Å². The number of nitrogens with zero attached hydrogens (tertiary/aromatic N) is 6. The van der Waals surface area contributed by atoms with Gasteiger partial charge >= 0.3 is 6.03 Å². The molecule has 0 saturated carbocycles. The molecule has 0 spiro atoms. The van der Waals surface area contributed by atoms with Crippen LogP contribution < -0.4 is 15.5 Å².